The summed E-state index contributed by atoms with van der Waals surface area (Å²) in [4.78, 5) is 9.18. The number of halogens is 1. The van der Waals surface area contributed by atoms with E-state index in [2.05, 4.69) is 32.6 Å². The predicted octanol–water partition coefficient (Wildman–Crippen LogP) is 2.11. The molecule has 2 aromatic heterocycles. The smallest absolute Gasteiger partial charge is 0.191 e. The maximum atomic E-state index is 5.60. The van der Waals surface area contributed by atoms with Crippen LogP contribution in [0.5, 0.6) is 0 Å². The number of ether oxygens (including phenoxy) is 2. The van der Waals surface area contributed by atoms with Crippen molar-refractivity contribution < 1.29 is 13.9 Å². The number of furan rings is 1. The summed E-state index contributed by atoms with van der Waals surface area (Å²) in [7, 11) is 1.66. The SMILES string of the molecule is CCNC(=NCCCOCc1ccco1)NC1CCc2nc(COC)nn2C1.I. The van der Waals surface area contributed by atoms with Gasteiger partial charge in [-0.1, -0.05) is 0 Å². The molecule has 0 saturated carbocycles. The van der Waals surface area contributed by atoms with Crippen LogP contribution in [0.3, 0.4) is 0 Å². The molecule has 0 bridgehead atoms. The van der Waals surface area contributed by atoms with Crippen molar-refractivity contribution in [1.29, 1.82) is 0 Å². The Balaban J connectivity index is 0.00000300. The molecule has 0 radical (unpaired) electrons. The Bertz CT molecular complexity index is 734. The van der Waals surface area contributed by atoms with E-state index in [0.717, 1.165) is 55.7 Å². The molecular formula is C19H31IN6O3. The van der Waals surface area contributed by atoms with Crippen LogP contribution in [0.4, 0.5) is 0 Å². The lowest BCUT2D eigenvalue weighted by molar-refractivity contribution is 0.105. The Labute approximate surface area is 188 Å². The zero-order chi connectivity index (χ0) is 19.6. The van der Waals surface area contributed by atoms with Gasteiger partial charge in [-0.05, 0) is 31.9 Å². The lowest BCUT2D eigenvalue weighted by Crippen LogP contribution is -2.47. The fraction of sp³-hybridized carbons (Fsp3) is 0.632. The number of hydrogen-bond donors (Lipinski definition) is 2. The first kappa shape index (κ1) is 23.6. The Morgan fingerprint density at radius 3 is 3.07 bits per heavy atom. The predicted molar refractivity (Wildman–Crippen MR) is 120 cm³/mol. The largest absolute Gasteiger partial charge is 0.467 e. The molecule has 2 aromatic rings. The van der Waals surface area contributed by atoms with Crippen LogP contribution in [0.25, 0.3) is 0 Å². The summed E-state index contributed by atoms with van der Waals surface area (Å²) in [5.41, 5.74) is 0. The number of rotatable bonds is 10. The average Bonchev–Trinajstić information content (AvgIpc) is 3.34. The normalized spacial score (nSPS) is 16.2. The van der Waals surface area contributed by atoms with Crippen LogP contribution in [0.1, 0.15) is 37.2 Å². The van der Waals surface area contributed by atoms with E-state index in [1.807, 2.05) is 16.8 Å². The topological polar surface area (TPSA) is 98.7 Å². The van der Waals surface area contributed by atoms with Crippen LogP contribution in [0.2, 0.25) is 0 Å². The van der Waals surface area contributed by atoms with Crippen LogP contribution >= 0.6 is 24.0 Å². The molecule has 1 unspecified atom stereocenters. The second kappa shape index (κ2) is 12.8. The van der Waals surface area contributed by atoms with Gasteiger partial charge in [-0.25, -0.2) is 9.67 Å². The molecule has 162 valence electrons. The summed E-state index contributed by atoms with van der Waals surface area (Å²) in [5.74, 6) is 3.45. The summed E-state index contributed by atoms with van der Waals surface area (Å²) < 4.78 is 17.9. The molecule has 0 amide bonds. The van der Waals surface area contributed by atoms with Crippen molar-refractivity contribution in [2.45, 2.75) is 52.0 Å². The zero-order valence-corrected chi connectivity index (χ0v) is 19.4. The summed E-state index contributed by atoms with van der Waals surface area (Å²) >= 11 is 0. The van der Waals surface area contributed by atoms with Crippen molar-refractivity contribution in [3.8, 4) is 0 Å². The van der Waals surface area contributed by atoms with Gasteiger partial charge in [0, 0.05) is 39.3 Å². The number of methoxy groups -OCH3 is 1. The van der Waals surface area contributed by atoms with Crippen molar-refractivity contribution in [3.63, 3.8) is 0 Å². The average molecular weight is 518 g/mol. The standard InChI is InChI=1S/C19H30N6O3.HI/c1-3-20-19(21-9-5-10-27-13-16-6-4-11-28-16)22-15-7-8-18-23-17(14-26-2)24-25(18)12-15;/h4,6,11,15H,3,5,7-10,12-14H2,1-2H3,(H2,20,21,22);1H. The molecule has 1 aliphatic heterocycles. The molecule has 1 atom stereocenters. The van der Waals surface area contributed by atoms with Gasteiger partial charge in [0.25, 0.3) is 0 Å². The van der Waals surface area contributed by atoms with Crippen molar-refractivity contribution in [3.05, 3.63) is 35.8 Å². The van der Waals surface area contributed by atoms with E-state index in [0.29, 0.717) is 26.4 Å². The number of guanidine groups is 1. The van der Waals surface area contributed by atoms with Crippen molar-refractivity contribution in [2.24, 2.45) is 4.99 Å². The third kappa shape index (κ3) is 7.59. The maximum absolute atomic E-state index is 5.60. The van der Waals surface area contributed by atoms with E-state index in [4.69, 9.17) is 13.9 Å². The minimum atomic E-state index is 0. The molecule has 0 fully saturated rings. The Kier molecular flexibility index (Phi) is 10.4. The molecule has 0 saturated heterocycles. The van der Waals surface area contributed by atoms with Crippen molar-refractivity contribution in [1.82, 2.24) is 25.4 Å². The van der Waals surface area contributed by atoms with E-state index >= 15 is 0 Å². The molecule has 3 heterocycles. The third-order valence-electron chi connectivity index (χ3n) is 4.40. The Morgan fingerprint density at radius 1 is 1.41 bits per heavy atom. The van der Waals surface area contributed by atoms with Gasteiger partial charge in [0.1, 0.15) is 24.8 Å². The van der Waals surface area contributed by atoms with Gasteiger partial charge in [-0.15, -0.1) is 24.0 Å². The highest BCUT2D eigenvalue weighted by Crippen LogP contribution is 2.13. The van der Waals surface area contributed by atoms with E-state index in [1.165, 1.54) is 0 Å². The van der Waals surface area contributed by atoms with E-state index < -0.39 is 0 Å². The molecule has 0 spiro atoms. The summed E-state index contributed by atoms with van der Waals surface area (Å²) in [6.07, 6.45) is 4.41. The number of aryl methyl sites for hydroxylation is 1. The number of nitrogens with one attached hydrogen (secondary N) is 2. The van der Waals surface area contributed by atoms with E-state index in [9.17, 15) is 0 Å². The summed E-state index contributed by atoms with van der Waals surface area (Å²) in [5, 5.41) is 11.3. The highest BCUT2D eigenvalue weighted by Gasteiger charge is 2.22. The summed E-state index contributed by atoms with van der Waals surface area (Å²) in [6.45, 7) is 5.97. The van der Waals surface area contributed by atoms with Crippen LogP contribution in [-0.4, -0.2) is 53.6 Å². The van der Waals surface area contributed by atoms with Crippen LogP contribution in [0, 0.1) is 0 Å². The molecule has 29 heavy (non-hydrogen) atoms. The fourth-order valence-electron chi connectivity index (χ4n) is 3.11. The minimum absolute atomic E-state index is 0. The monoisotopic (exact) mass is 518 g/mol. The minimum Gasteiger partial charge on any atom is -0.467 e. The fourth-order valence-corrected chi connectivity index (χ4v) is 3.11. The van der Waals surface area contributed by atoms with Gasteiger partial charge in [-0.3, -0.25) is 4.99 Å². The summed E-state index contributed by atoms with van der Waals surface area (Å²) in [6, 6.07) is 4.05. The number of aromatic nitrogens is 3. The van der Waals surface area contributed by atoms with E-state index in [-0.39, 0.29) is 30.0 Å². The highest BCUT2D eigenvalue weighted by atomic mass is 127. The second-order valence-electron chi connectivity index (χ2n) is 6.69. The maximum Gasteiger partial charge on any atom is 0.191 e. The molecule has 0 aromatic carbocycles. The number of nitrogens with zero attached hydrogens (tertiary/aromatic N) is 4. The molecule has 9 nitrogen and oxygen atoms in total. The van der Waals surface area contributed by atoms with Crippen LogP contribution < -0.4 is 10.6 Å². The number of aliphatic imine (C=N–C) groups is 1. The first-order chi connectivity index (χ1) is 13.8. The van der Waals surface area contributed by atoms with Crippen LogP contribution in [0.15, 0.2) is 27.8 Å². The molecule has 2 N–H and O–H groups in total. The Morgan fingerprint density at radius 2 is 2.31 bits per heavy atom. The lowest BCUT2D eigenvalue weighted by Gasteiger charge is -2.25. The first-order valence-corrected chi connectivity index (χ1v) is 9.85. The third-order valence-corrected chi connectivity index (χ3v) is 4.40. The van der Waals surface area contributed by atoms with Gasteiger partial charge in [-0.2, -0.15) is 5.10 Å². The van der Waals surface area contributed by atoms with Crippen molar-refractivity contribution >= 4 is 29.9 Å². The Hall–Kier alpha value is -1.66. The quantitative estimate of drug-likeness (QED) is 0.215. The van der Waals surface area contributed by atoms with Gasteiger partial charge >= 0.3 is 0 Å². The van der Waals surface area contributed by atoms with Gasteiger partial charge in [0.05, 0.1) is 12.8 Å². The van der Waals surface area contributed by atoms with Gasteiger partial charge in [0.2, 0.25) is 0 Å². The van der Waals surface area contributed by atoms with Gasteiger partial charge < -0.3 is 24.5 Å². The molecule has 1 aliphatic rings. The second-order valence-corrected chi connectivity index (χ2v) is 6.69. The molecule has 10 heteroatoms. The number of fused-ring (bicyclic) bond motifs is 1. The van der Waals surface area contributed by atoms with Crippen molar-refractivity contribution in [2.75, 3.05) is 26.8 Å². The lowest BCUT2D eigenvalue weighted by atomic mass is 10.1. The molecule has 3 rings (SSSR count). The van der Waals surface area contributed by atoms with Crippen LogP contribution in [-0.2, 0) is 35.7 Å². The zero-order valence-electron chi connectivity index (χ0n) is 17.1. The number of hydrogen-bond acceptors (Lipinski definition) is 6. The van der Waals surface area contributed by atoms with Gasteiger partial charge in [0.15, 0.2) is 11.8 Å². The molecule has 0 aliphatic carbocycles. The highest BCUT2D eigenvalue weighted by molar-refractivity contribution is 14.0. The molecular weight excluding hydrogens is 487 g/mol. The van der Waals surface area contributed by atoms with E-state index in [1.54, 1.807) is 13.4 Å². The first-order valence-electron chi connectivity index (χ1n) is 9.85.